The molecule has 134 valence electrons. The molecule has 1 aromatic carbocycles. The van der Waals surface area contributed by atoms with Gasteiger partial charge in [0.05, 0.1) is 19.2 Å². The van der Waals surface area contributed by atoms with Crippen molar-refractivity contribution in [3.8, 4) is 0 Å². The fourth-order valence-corrected chi connectivity index (χ4v) is 2.73. The largest absolute Gasteiger partial charge is 0.468 e. The van der Waals surface area contributed by atoms with Crippen LogP contribution in [0.1, 0.15) is 22.5 Å². The van der Waals surface area contributed by atoms with Gasteiger partial charge >= 0.3 is 5.97 Å². The number of aryl methyl sites for hydroxylation is 2. The first kappa shape index (κ1) is 19.0. The molecule has 0 saturated carbocycles. The molecule has 0 saturated heterocycles. The Morgan fingerprint density at radius 1 is 1.24 bits per heavy atom. The van der Waals surface area contributed by atoms with E-state index in [0.29, 0.717) is 11.6 Å². The average Bonchev–Trinajstić information content (AvgIpc) is 2.82. The summed E-state index contributed by atoms with van der Waals surface area (Å²) >= 11 is 5.90. The number of ether oxygens (including phenoxy) is 1. The van der Waals surface area contributed by atoms with Gasteiger partial charge in [-0.1, -0.05) is 23.7 Å². The Bertz CT molecular complexity index is 769. The van der Waals surface area contributed by atoms with E-state index in [4.69, 9.17) is 16.3 Å². The maximum atomic E-state index is 12.8. The summed E-state index contributed by atoms with van der Waals surface area (Å²) in [6.45, 7) is 4.01. The molecule has 2 rings (SSSR count). The molecule has 25 heavy (non-hydrogen) atoms. The van der Waals surface area contributed by atoms with Gasteiger partial charge in [0.15, 0.2) is 0 Å². The van der Waals surface area contributed by atoms with Crippen LogP contribution < -0.4 is 0 Å². The summed E-state index contributed by atoms with van der Waals surface area (Å²) in [5, 5.41) is 4.95. The minimum absolute atomic E-state index is 0.101. The number of carbonyl (C=O) groups is 2. The first-order valence-electron chi connectivity index (χ1n) is 7.90. The lowest BCUT2D eigenvalue weighted by Gasteiger charge is -2.22. The van der Waals surface area contributed by atoms with Crippen LogP contribution in [0.25, 0.3) is 0 Å². The molecule has 7 heteroatoms. The number of methoxy groups -OCH3 is 1. The summed E-state index contributed by atoms with van der Waals surface area (Å²) in [5.41, 5.74) is 3.54. The van der Waals surface area contributed by atoms with Crippen molar-refractivity contribution in [2.45, 2.75) is 26.8 Å². The molecule has 1 amide bonds. The molecule has 1 heterocycles. The molecule has 0 atom stereocenters. The summed E-state index contributed by atoms with van der Waals surface area (Å²) in [5.74, 6) is -0.610. The molecule has 0 unspecified atom stereocenters. The zero-order valence-corrected chi connectivity index (χ0v) is 15.6. The maximum Gasteiger partial charge on any atom is 0.325 e. The minimum atomic E-state index is -0.457. The molecule has 0 N–H and O–H groups in total. The fourth-order valence-electron chi connectivity index (χ4n) is 2.60. The summed E-state index contributed by atoms with van der Waals surface area (Å²) in [6.07, 6.45) is 0.191. The third-order valence-corrected chi connectivity index (χ3v) is 4.43. The molecule has 0 fully saturated rings. The van der Waals surface area contributed by atoms with E-state index in [1.807, 2.05) is 33.0 Å². The Morgan fingerprint density at radius 2 is 1.88 bits per heavy atom. The van der Waals surface area contributed by atoms with Crippen LogP contribution in [0.3, 0.4) is 0 Å². The van der Waals surface area contributed by atoms with Crippen LogP contribution in [-0.4, -0.2) is 40.2 Å². The van der Waals surface area contributed by atoms with Gasteiger partial charge in [-0.05, 0) is 31.5 Å². The first-order valence-corrected chi connectivity index (χ1v) is 8.27. The number of rotatable bonds is 6. The zero-order valence-electron chi connectivity index (χ0n) is 14.9. The van der Waals surface area contributed by atoms with Gasteiger partial charge < -0.3 is 9.64 Å². The number of hydrogen-bond acceptors (Lipinski definition) is 4. The van der Waals surface area contributed by atoms with Crippen molar-refractivity contribution >= 4 is 23.5 Å². The minimum Gasteiger partial charge on any atom is -0.468 e. The van der Waals surface area contributed by atoms with Crippen LogP contribution in [-0.2, 0) is 34.3 Å². The first-order chi connectivity index (χ1) is 11.8. The Labute approximate surface area is 152 Å². The SMILES string of the molecule is COC(=O)CN(Cc1ccc(Cl)cc1)C(=O)Cc1c(C)nn(C)c1C. The van der Waals surface area contributed by atoms with E-state index in [9.17, 15) is 9.59 Å². The van der Waals surface area contributed by atoms with Crippen molar-refractivity contribution in [1.29, 1.82) is 0 Å². The van der Waals surface area contributed by atoms with Crippen molar-refractivity contribution in [3.05, 3.63) is 51.8 Å². The quantitative estimate of drug-likeness (QED) is 0.739. The fraction of sp³-hybridized carbons (Fsp3) is 0.389. The average molecular weight is 364 g/mol. The van der Waals surface area contributed by atoms with Crippen LogP contribution in [0, 0.1) is 13.8 Å². The van der Waals surface area contributed by atoms with E-state index in [0.717, 1.165) is 22.5 Å². The van der Waals surface area contributed by atoms with Gasteiger partial charge in [0, 0.05) is 29.9 Å². The molecule has 1 aromatic heterocycles. The normalized spacial score (nSPS) is 10.6. The standard InChI is InChI=1S/C18H22ClN3O3/c1-12-16(13(2)21(3)20-12)9-17(23)22(11-18(24)25-4)10-14-5-7-15(19)8-6-14/h5-8H,9-11H2,1-4H3. The topological polar surface area (TPSA) is 64.4 Å². The lowest BCUT2D eigenvalue weighted by molar-refractivity contribution is -0.147. The Kier molecular flexibility index (Phi) is 6.20. The van der Waals surface area contributed by atoms with Crippen LogP contribution in [0.2, 0.25) is 5.02 Å². The highest BCUT2D eigenvalue weighted by Crippen LogP contribution is 2.16. The van der Waals surface area contributed by atoms with Gasteiger partial charge in [-0.25, -0.2) is 0 Å². The summed E-state index contributed by atoms with van der Waals surface area (Å²) in [6, 6.07) is 7.18. The van der Waals surface area contributed by atoms with E-state index >= 15 is 0 Å². The van der Waals surface area contributed by atoms with E-state index in [-0.39, 0.29) is 18.9 Å². The highest BCUT2D eigenvalue weighted by molar-refractivity contribution is 6.30. The molecule has 0 aliphatic heterocycles. The highest BCUT2D eigenvalue weighted by Gasteiger charge is 2.21. The van der Waals surface area contributed by atoms with Crippen molar-refractivity contribution in [2.75, 3.05) is 13.7 Å². The predicted molar refractivity (Wildman–Crippen MR) is 95.3 cm³/mol. The van der Waals surface area contributed by atoms with E-state index in [2.05, 4.69) is 5.10 Å². The molecule has 0 aliphatic rings. The van der Waals surface area contributed by atoms with Gasteiger partial charge in [0.25, 0.3) is 0 Å². The van der Waals surface area contributed by atoms with E-state index in [1.54, 1.807) is 16.8 Å². The lowest BCUT2D eigenvalue weighted by Crippen LogP contribution is -2.36. The molecular formula is C18H22ClN3O3. The Balaban J connectivity index is 2.19. The van der Waals surface area contributed by atoms with Crippen molar-refractivity contribution in [1.82, 2.24) is 14.7 Å². The zero-order chi connectivity index (χ0) is 18.6. The second kappa shape index (κ2) is 8.16. The van der Waals surface area contributed by atoms with E-state index < -0.39 is 5.97 Å². The summed E-state index contributed by atoms with van der Waals surface area (Å²) in [7, 11) is 3.15. The van der Waals surface area contributed by atoms with Crippen LogP contribution in [0.4, 0.5) is 0 Å². The van der Waals surface area contributed by atoms with Gasteiger partial charge in [0.1, 0.15) is 6.54 Å². The van der Waals surface area contributed by atoms with Crippen LogP contribution in [0.5, 0.6) is 0 Å². The molecule has 6 nitrogen and oxygen atoms in total. The number of amides is 1. The molecule has 0 spiro atoms. The number of benzene rings is 1. The lowest BCUT2D eigenvalue weighted by atomic mass is 10.1. The predicted octanol–water partition coefficient (Wildman–Crippen LogP) is 2.43. The second-order valence-corrected chi connectivity index (χ2v) is 6.34. The van der Waals surface area contributed by atoms with Crippen molar-refractivity contribution in [3.63, 3.8) is 0 Å². The third kappa shape index (κ3) is 4.82. The smallest absolute Gasteiger partial charge is 0.325 e. The van der Waals surface area contributed by atoms with E-state index in [1.165, 1.54) is 12.0 Å². The molecule has 0 aliphatic carbocycles. The number of esters is 1. The monoisotopic (exact) mass is 363 g/mol. The highest BCUT2D eigenvalue weighted by atomic mass is 35.5. The van der Waals surface area contributed by atoms with Gasteiger partial charge in [-0.3, -0.25) is 14.3 Å². The maximum absolute atomic E-state index is 12.8. The molecule has 2 aromatic rings. The number of halogens is 1. The number of carbonyl (C=O) groups excluding carboxylic acids is 2. The van der Waals surface area contributed by atoms with Crippen molar-refractivity contribution in [2.24, 2.45) is 7.05 Å². The van der Waals surface area contributed by atoms with Crippen molar-refractivity contribution < 1.29 is 14.3 Å². The molecular weight excluding hydrogens is 342 g/mol. The van der Waals surface area contributed by atoms with Crippen LogP contribution in [0.15, 0.2) is 24.3 Å². The molecule has 0 radical (unpaired) electrons. The van der Waals surface area contributed by atoms with Gasteiger partial charge in [0.2, 0.25) is 5.91 Å². The third-order valence-electron chi connectivity index (χ3n) is 4.17. The molecule has 0 bridgehead atoms. The number of hydrogen-bond donors (Lipinski definition) is 0. The van der Waals surface area contributed by atoms with Gasteiger partial charge in [-0.2, -0.15) is 5.10 Å². The van der Waals surface area contributed by atoms with Gasteiger partial charge in [-0.15, -0.1) is 0 Å². The Morgan fingerprint density at radius 3 is 2.40 bits per heavy atom. The second-order valence-electron chi connectivity index (χ2n) is 5.90. The Hall–Kier alpha value is -2.34. The number of aromatic nitrogens is 2. The number of nitrogens with zero attached hydrogens (tertiary/aromatic N) is 3. The summed E-state index contributed by atoms with van der Waals surface area (Å²) in [4.78, 5) is 26.0. The van der Waals surface area contributed by atoms with Crippen LogP contribution >= 0.6 is 11.6 Å². The summed E-state index contributed by atoms with van der Waals surface area (Å²) < 4.78 is 6.47.